The number of hydrogen-bond donors (Lipinski definition) is 1. The van der Waals surface area contributed by atoms with E-state index in [9.17, 15) is 0 Å². The van der Waals surface area contributed by atoms with E-state index in [1.54, 1.807) is 0 Å². The summed E-state index contributed by atoms with van der Waals surface area (Å²) >= 11 is 0. The monoisotopic (exact) mass is 287 g/mol. The van der Waals surface area contributed by atoms with Gasteiger partial charge in [-0.1, -0.05) is 64.4 Å². The van der Waals surface area contributed by atoms with Gasteiger partial charge in [0.1, 0.15) is 0 Å². The lowest BCUT2D eigenvalue weighted by atomic mass is 9.64. The van der Waals surface area contributed by atoms with E-state index in [0.717, 1.165) is 18.4 Å². The Balaban J connectivity index is 1.99. The number of benzene rings is 1. The van der Waals surface area contributed by atoms with Crippen LogP contribution in [-0.4, -0.2) is 12.6 Å². The molecule has 1 aliphatic rings. The molecule has 1 aliphatic carbocycles. The molecular formula is C20H33N. The minimum absolute atomic E-state index is 0.419. The fraction of sp³-hybridized carbons (Fsp3) is 0.700. The summed E-state index contributed by atoms with van der Waals surface area (Å²) < 4.78 is 0. The van der Waals surface area contributed by atoms with Crippen LogP contribution in [0.15, 0.2) is 30.3 Å². The van der Waals surface area contributed by atoms with Crippen LogP contribution in [0.25, 0.3) is 0 Å². The van der Waals surface area contributed by atoms with E-state index in [2.05, 4.69) is 63.3 Å². The minimum Gasteiger partial charge on any atom is -0.314 e. The zero-order chi connectivity index (χ0) is 15.3. The first-order valence-corrected chi connectivity index (χ1v) is 8.80. The molecule has 0 amide bonds. The maximum atomic E-state index is 3.77. The van der Waals surface area contributed by atoms with Gasteiger partial charge in [0, 0.05) is 6.04 Å². The van der Waals surface area contributed by atoms with Crippen LogP contribution in [0.1, 0.15) is 58.9 Å². The smallest absolute Gasteiger partial charge is 0.0103 e. The summed E-state index contributed by atoms with van der Waals surface area (Å²) in [5, 5.41) is 3.77. The Labute approximate surface area is 131 Å². The zero-order valence-corrected chi connectivity index (χ0v) is 14.4. The van der Waals surface area contributed by atoms with Crippen molar-refractivity contribution in [1.82, 2.24) is 5.32 Å². The summed E-state index contributed by atoms with van der Waals surface area (Å²) in [6.07, 6.45) is 6.64. The van der Waals surface area contributed by atoms with E-state index in [-0.39, 0.29) is 0 Å². The molecule has 21 heavy (non-hydrogen) atoms. The second kappa shape index (κ2) is 7.45. The molecule has 2 rings (SSSR count). The highest BCUT2D eigenvalue weighted by molar-refractivity contribution is 5.15. The van der Waals surface area contributed by atoms with Crippen molar-refractivity contribution in [3.05, 3.63) is 35.9 Å². The summed E-state index contributed by atoms with van der Waals surface area (Å²) in [5.74, 6) is 1.70. The van der Waals surface area contributed by atoms with E-state index >= 15 is 0 Å². The van der Waals surface area contributed by atoms with Gasteiger partial charge >= 0.3 is 0 Å². The van der Waals surface area contributed by atoms with Crippen LogP contribution in [0.2, 0.25) is 0 Å². The molecular weight excluding hydrogens is 254 g/mol. The van der Waals surface area contributed by atoms with Crippen LogP contribution >= 0.6 is 0 Å². The minimum atomic E-state index is 0.419. The molecule has 1 nitrogen and oxygen atoms in total. The highest BCUT2D eigenvalue weighted by Crippen LogP contribution is 2.42. The molecule has 0 aliphatic heterocycles. The zero-order valence-electron chi connectivity index (χ0n) is 14.4. The average Bonchev–Trinajstić information content (AvgIpc) is 2.47. The van der Waals surface area contributed by atoms with Crippen LogP contribution in [-0.2, 0) is 6.42 Å². The number of nitrogens with one attached hydrogen (secondary N) is 1. The van der Waals surface area contributed by atoms with Crippen molar-refractivity contribution in [2.75, 3.05) is 6.54 Å². The SMILES string of the molecule is CCNC1CC(C)CCC1C(C)(C)CCc1ccccc1. The third-order valence-corrected chi connectivity index (χ3v) is 5.48. The quantitative estimate of drug-likeness (QED) is 0.771. The molecule has 3 atom stereocenters. The molecule has 3 unspecified atom stereocenters. The predicted octanol–water partition coefficient (Wildman–Crippen LogP) is 5.06. The van der Waals surface area contributed by atoms with Gasteiger partial charge in [-0.3, -0.25) is 0 Å². The predicted molar refractivity (Wildman–Crippen MR) is 92.5 cm³/mol. The molecule has 1 saturated carbocycles. The Morgan fingerprint density at radius 3 is 2.52 bits per heavy atom. The first kappa shape index (κ1) is 16.5. The molecule has 0 spiro atoms. The highest BCUT2D eigenvalue weighted by Gasteiger charge is 2.38. The van der Waals surface area contributed by atoms with Crippen molar-refractivity contribution in [2.24, 2.45) is 17.3 Å². The third-order valence-electron chi connectivity index (χ3n) is 5.48. The Bertz CT molecular complexity index is 409. The topological polar surface area (TPSA) is 12.0 Å². The van der Waals surface area contributed by atoms with Gasteiger partial charge in [-0.2, -0.15) is 0 Å². The van der Waals surface area contributed by atoms with E-state index in [4.69, 9.17) is 0 Å². The summed E-state index contributed by atoms with van der Waals surface area (Å²) in [5.41, 5.74) is 1.90. The van der Waals surface area contributed by atoms with Crippen molar-refractivity contribution >= 4 is 0 Å². The van der Waals surface area contributed by atoms with Crippen molar-refractivity contribution < 1.29 is 0 Å². The number of aryl methyl sites for hydroxylation is 1. The van der Waals surface area contributed by atoms with E-state index in [0.29, 0.717) is 11.5 Å². The summed E-state index contributed by atoms with van der Waals surface area (Å²) in [4.78, 5) is 0. The molecule has 0 aromatic heterocycles. The van der Waals surface area contributed by atoms with Crippen LogP contribution in [0.4, 0.5) is 0 Å². The van der Waals surface area contributed by atoms with E-state index < -0.39 is 0 Å². The van der Waals surface area contributed by atoms with Crippen molar-refractivity contribution in [1.29, 1.82) is 0 Å². The molecule has 1 N–H and O–H groups in total. The summed E-state index contributed by atoms with van der Waals surface area (Å²) in [6, 6.07) is 11.7. The molecule has 0 bridgehead atoms. The Hall–Kier alpha value is -0.820. The van der Waals surface area contributed by atoms with Gasteiger partial charge in [0.15, 0.2) is 0 Å². The second-order valence-electron chi connectivity index (χ2n) is 7.66. The Morgan fingerprint density at radius 1 is 1.14 bits per heavy atom. The maximum Gasteiger partial charge on any atom is 0.0103 e. The normalized spacial score (nSPS) is 26.8. The molecule has 0 heterocycles. The van der Waals surface area contributed by atoms with Gasteiger partial charge in [-0.15, -0.1) is 0 Å². The molecule has 1 aromatic rings. The molecule has 1 heteroatoms. The standard InChI is InChI=1S/C20H33N/c1-5-21-19-15-16(2)11-12-18(19)20(3,4)14-13-17-9-7-6-8-10-17/h6-10,16,18-19,21H,5,11-15H2,1-4H3. The van der Waals surface area contributed by atoms with Crippen LogP contribution in [0, 0.1) is 17.3 Å². The average molecular weight is 287 g/mol. The van der Waals surface area contributed by atoms with Gasteiger partial charge in [0.05, 0.1) is 0 Å². The maximum absolute atomic E-state index is 3.77. The molecule has 0 radical (unpaired) electrons. The van der Waals surface area contributed by atoms with Gasteiger partial charge < -0.3 is 5.32 Å². The van der Waals surface area contributed by atoms with Gasteiger partial charge in [-0.25, -0.2) is 0 Å². The Morgan fingerprint density at radius 2 is 1.86 bits per heavy atom. The highest BCUT2D eigenvalue weighted by atomic mass is 14.9. The number of rotatable bonds is 6. The summed E-state index contributed by atoms with van der Waals surface area (Å²) in [6.45, 7) is 10.7. The van der Waals surface area contributed by atoms with E-state index in [1.807, 2.05) is 0 Å². The molecule has 0 saturated heterocycles. The van der Waals surface area contributed by atoms with E-state index in [1.165, 1.54) is 37.7 Å². The fourth-order valence-electron chi connectivity index (χ4n) is 4.10. The van der Waals surface area contributed by atoms with Crippen molar-refractivity contribution in [2.45, 2.75) is 65.8 Å². The van der Waals surface area contributed by atoms with Crippen molar-refractivity contribution in [3.8, 4) is 0 Å². The lowest BCUT2D eigenvalue weighted by Crippen LogP contribution is -2.46. The molecule has 1 aromatic carbocycles. The Kier molecular flexibility index (Phi) is 5.87. The molecule has 118 valence electrons. The lowest BCUT2D eigenvalue weighted by molar-refractivity contribution is 0.0878. The van der Waals surface area contributed by atoms with Crippen LogP contribution in [0.5, 0.6) is 0 Å². The van der Waals surface area contributed by atoms with Gasteiger partial charge in [0.2, 0.25) is 0 Å². The first-order chi connectivity index (χ1) is 10.0. The van der Waals surface area contributed by atoms with Crippen LogP contribution < -0.4 is 5.32 Å². The van der Waals surface area contributed by atoms with Gasteiger partial charge in [0.25, 0.3) is 0 Å². The fourth-order valence-corrected chi connectivity index (χ4v) is 4.10. The third kappa shape index (κ3) is 4.57. The largest absolute Gasteiger partial charge is 0.314 e. The lowest BCUT2D eigenvalue weighted by Gasteiger charge is -2.45. The van der Waals surface area contributed by atoms with Crippen molar-refractivity contribution in [3.63, 3.8) is 0 Å². The summed E-state index contributed by atoms with van der Waals surface area (Å²) in [7, 11) is 0. The second-order valence-corrected chi connectivity index (χ2v) is 7.66. The van der Waals surface area contributed by atoms with Gasteiger partial charge in [-0.05, 0) is 55.0 Å². The first-order valence-electron chi connectivity index (χ1n) is 8.80. The van der Waals surface area contributed by atoms with Crippen LogP contribution in [0.3, 0.4) is 0 Å². The number of hydrogen-bond acceptors (Lipinski definition) is 1. The molecule has 1 fully saturated rings.